The van der Waals surface area contributed by atoms with Gasteiger partial charge in [0, 0.05) is 41.7 Å². The Kier molecular flexibility index (Phi) is 5.47. The van der Waals surface area contributed by atoms with Crippen molar-refractivity contribution in [2.24, 2.45) is 0 Å². The molecule has 0 aromatic carbocycles. The van der Waals surface area contributed by atoms with E-state index in [0.717, 1.165) is 43.3 Å². The summed E-state index contributed by atoms with van der Waals surface area (Å²) in [5.74, 6) is 1.21. The Morgan fingerprint density at radius 3 is 3.00 bits per heavy atom. The fraction of sp³-hybridized carbons (Fsp3) is 0.846. The minimum Gasteiger partial charge on any atom is -0.374 e. The molecule has 0 unspecified atom stereocenters. The molecule has 19 heavy (non-hydrogen) atoms. The van der Waals surface area contributed by atoms with Gasteiger partial charge in [0.05, 0.1) is 0 Å². The third-order valence-corrected chi connectivity index (χ3v) is 5.49. The van der Waals surface area contributed by atoms with Crippen molar-refractivity contribution in [1.29, 1.82) is 0 Å². The summed E-state index contributed by atoms with van der Waals surface area (Å²) in [7, 11) is 0. The van der Waals surface area contributed by atoms with Gasteiger partial charge < -0.3 is 5.32 Å². The molecule has 1 N–H and O–H groups in total. The number of aromatic nitrogens is 2. The summed E-state index contributed by atoms with van der Waals surface area (Å²) in [5, 5.41) is 8.86. The molecule has 0 radical (unpaired) electrons. The van der Waals surface area contributed by atoms with Crippen molar-refractivity contribution in [2.75, 3.05) is 30.7 Å². The van der Waals surface area contributed by atoms with Gasteiger partial charge in [0.25, 0.3) is 0 Å². The Morgan fingerprint density at radius 2 is 2.21 bits per heavy atom. The van der Waals surface area contributed by atoms with Crippen LogP contribution in [-0.4, -0.2) is 44.6 Å². The van der Waals surface area contributed by atoms with Gasteiger partial charge in [-0.1, -0.05) is 25.3 Å². The van der Waals surface area contributed by atoms with Crippen LogP contribution in [0.4, 0.5) is 5.00 Å². The van der Waals surface area contributed by atoms with Crippen LogP contribution in [0.2, 0.25) is 0 Å². The molecule has 1 fully saturated rings. The van der Waals surface area contributed by atoms with Gasteiger partial charge in [0.2, 0.25) is 0 Å². The van der Waals surface area contributed by atoms with E-state index in [1.54, 1.807) is 0 Å². The van der Waals surface area contributed by atoms with Gasteiger partial charge in [-0.15, -0.1) is 5.10 Å². The average Bonchev–Trinajstić information content (AvgIpc) is 2.72. The summed E-state index contributed by atoms with van der Waals surface area (Å²) in [5.41, 5.74) is 1.11. The predicted octanol–water partition coefficient (Wildman–Crippen LogP) is 3.08. The molecule has 1 aliphatic rings. The number of rotatable bonds is 5. The van der Waals surface area contributed by atoms with Crippen LogP contribution in [0.3, 0.4) is 0 Å². The number of anilines is 1. The zero-order valence-electron chi connectivity index (χ0n) is 12.1. The molecule has 0 spiro atoms. The van der Waals surface area contributed by atoms with Crippen LogP contribution in [0.15, 0.2) is 0 Å². The molecule has 0 bridgehead atoms. The molecule has 2 heterocycles. The van der Waals surface area contributed by atoms with Crippen molar-refractivity contribution in [3.8, 4) is 0 Å². The second-order valence-corrected chi connectivity index (χ2v) is 8.17. The number of nitrogens with zero attached hydrogens (tertiary/aromatic N) is 3. The maximum atomic E-state index is 4.29. The van der Waals surface area contributed by atoms with Crippen LogP contribution in [0, 0.1) is 0 Å². The lowest BCUT2D eigenvalue weighted by Gasteiger charge is -2.22. The number of hydrogen-bond donors (Lipinski definition) is 1. The van der Waals surface area contributed by atoms with Crippen molar-refractivity contribution in [3.05, 3.63) is 5.69 Å². The lowest BCUT2D eigenvalue weighted by Crippen LogP contribution is -2.27. The van der Waals surface area contributed by atoms with Crippen LogP contribution < -0.4 is 5.32 Å². The first-order chi connectivity index (χ1) is 9.11. The van der Waals surface area contributed by atoms with Crippen molar-refractivity contribution in [2.45, 2.75) is 44.9 Å². The normalized spacial score (nSPS) is 20.2. The van der Waals surface area contributed by atoms with Crippen LogP contribution in [0.1, 0.15) is 39.3 Å². The lowest BCUT2D eigenvalue weighted by atomic mass is 10.1. The van der Waals surface area contributed by atoms with Crippen molar-refractivity contribution < 1.29 is 0 Å². The highest BCUT2D eigenvalue weighted by molar-refractivity contribution is 8.00. The fourth-order valence-electron chi connectivity index (χ4n) is 2.12. The van der Waals surface area contributed by atoms with E-state index in [1.807, 2.05) is 0 Å². The first-order valence-electron chi connectivity index (χ1n) is 7.02. The van der Waals surface area contributed by atoms with E-state index in [0.29, 0.717) is 4.75 Å². The van der Waals surface area contributed by atoms with Crippen LogP contribution in [0.25, 0.3) is 0 Å². The zero-order chi connectivity index (χ0) is 13.7. The molecule has 108 valence electrons. The third kappa shape index (κ3) is 4.61. The molecule has 1 aliphatic heterocycles. The molecule has 0 aliphatic carbocycles. The van der Waals surface area contributed by atoms with E-state index in [-0.39, 0.29) is 0 Å². The molecule has 0 atom stereocenters. The maximum Gasteiger partial charge on any atom is 0.134 e. The maximum absolute atomic E-state index is 4.29. The van der Waals surface area contributed by atoms with Gasteiger partial charge in [-0.3, -0.25) is 4.90 Å². The summed E-state index contributed by atoms with van der Waals surface area (Å²) >= 11 is 3.56. The van der Waals surface area contributed by atoms with E-state index < -0.39 is 0 Å². The van der Waals surface area contributed by atoms with Gasteiger partial charge in [0.1, 0.15) is 10.7 Å². The van der Waals surface area contributed by atoms with Crippen LogP contribution in [-0.2, 0) is 6.54 Å². The van der Waals surface area contributed by atoms with Gasteiger partial charge >= 0.3 is 0 Å². The molecule has 1 aromatic rings. The summed E-state index contributed by atoms with van der Waals surface area (Å²) < 4.78 is 4.50. The molecular weight excluding hydrogens is 276 g/mol. The predicted molar refractivity (Wildman–Crippen MR) is 85.1 cm³/mol. The second kappa shape index (κ2) is 6.90. The Morgan fingerprint density at radius 1 is 1.37 bits per heavy atom. The molecule has 1 saturated heterocycles. The molecule has 1 aromatic heterocycles. The average molecular weight is 300 g/mol. The Bertz CT molecular complexity index is 392. The molecule has 2 rings (SSSR count). The van der Waals surface area contributed by atoms with Crippen molar-refractivity contribution >= 4 is 28.3 Å². The second-order valence-electron chi connectivity index (χ2n) is 5.61. The van der Waals surface area contributed by atoms with E-state index in [4.69, 9.17) is 0 Å². The van der Waals surface area contributed by atoms with Gasteiger partial charge in [-0.05, 0) is 19.4 Å². The van der Waals surface area contributed by atoms with Crippen LogP contribution >= 0.6 is 23.3 Å². The summed E-state index contributed by atoms with van der Waals surface area (Å²) in [6.45, 7) is 11.1. The highest BCUT2D eigenvalue weighted by Gasteiger charge is 2.24. The standard InChI is InChI=1S/C13H24N4S2/c1-4-6-14-12-11(15-16-19-12)10-17-7-5-13(2,3)18-9-8-17/h14H,4-10H2,1-3H3. The van der Waals surface area contributed by atoms with E-state index in [1.165, 1.54) is 23.7 Å². The van der Waals surface area contributed by atoms with Crippen molar-refractivity contribution in [3.63, 3.8) is 0 Å². The Balaban J connectivity index is 1.92. The number of hydrogen-bond acceptors (Lipinski definition) is 6. The Hall–Kier alpha value is -0.330. The smallest absolute Gasteiger partial charge is 0.134 e. The van der Waals surface area contributed by atoms with Gasteiger partial charge in [-0.2, -0.15) is 11.8 Å². The first kappa shape index (κ1) is 15.1. The largest absolute Gasteiger partial charge is 0.374 e. The van der Waals surface area contributed by atoms with E-state index >= 15 is 0 Å². The highest BCUT2D eigenvalue weighted by Crippen LogP contribution is 2.31. The first-order valence-corrected chi connectivity index (χ1v) is 8.78. The summed E-state index contributed by atoms with van der Waals surface area (Å²) in [6.07, 6.45) is 2.37. The van der Waals surface area contributed by atoms with Crippen molar-refractivity contribution in [1.82, 2.24) is 14.5 Å². The highest BCUT2D eigenvalue weighted by atomic mass is 32.2. The summed E-state index contributed by atoms with van der Waals surface area (Å²) in [4.78, 5) is 2.51. The quantitative estimate of drug-likeness (QED) is 0.905. The minimum absolute atomic E-state index is 0.415. The topological polar surface area (TPSA) is 41.1 Å². The SMILES string of the molecule is CCCNc1snnc1CN1CCSC(C)(C)CC1. The number of thioether (sulfide) groups is 1. The van der Waals surface area contributed by atoms with E-state index in [2.05, 4.69) is 52.3 Å². The Labute approximate surface area is 124 Å². The lowest BCUT2D eigenvalue weighted by molar-refractivity contribution is 0.273. The van der Waals surface area contributed by atoms with Gasteiger partial charge in [0.15, 0.2) is 0 Å². The molecular formula is C13H24N4S2. The van der Waals surface area contributed by atoms with E-state index in [9.17, 15) is 0 Å². The zero-order valence-corrected chi connectivity index (χ0v) is 13.7. The summed E-state index contributed by atoms with van der Waals surface area (Å²) in [6, 6.07) is 0. The molecule has 6 heteroatoms. The van der Waals surface area contributed by atoms with Crippen LogP contribution in [0.5, 0.6) is 0 Å². The molecule has 0 saturated carbocycles. The minimum atomic E-state index is 0.415. The fourth-order valence-corrected chi connectivity index (χ4v) is 3.85. The molecule has 0 amide bonds. The monoisotopic (exact) mass is 300 g/mol. The van der Waals surface area contributed by atoms with Gasteiger partial charge in [-0.25, -0.2) is 0 Å². The number of nitrogens with one attached hydrogen (secondary N) is 1. The third-order valence-electron chi connectivity index (χ3n) is 3.40. The molecule has 4 nitrogen and oxygen atoms in total.